The molecule has 0 heterocycles. The number of alkyl halides is 4. The molecule has 0 radical (unpaired) electrons. The fourth-order valence-electron chi connectivity index (χ4n) is 2.57. The molecule has 0 saturated heterocycles. The Labute approximate surface area is 163 Å². The van der Waals surface area contributed by atoms with Gasteiger partial charge in [0.1, 0.15) is 0 Å². The quantitative estimate of drug-likeness (QED) is 0.0973. The molecule has 0 N–H and O–H groups in total. The van der Waals surface area contributed by atoms with E-state index in [1.54, 1.807) is 0 Å². The van der Waals surface area contributed by atoms with Crippen LogP contribution in [0.5, 0.6) is 0 Å². The van der Waals surface area contributed by atoms with E-state index in [0.29, 0.717) is 0 Å². The minimum Gasteiger partial charge on any atom is -0.373 e. The number of rotatable bonds is 8. The van der Waals surface area contributed by atoms with Crippen LogP contribution >= 0.6 is 63.7 Å². The lowest BCUT2D eigenvalue weighted by Crippen LogP contribution is -2.50. The highest BCUT2D eigenvalue weighted by molar-refractivity contribution is 9.52. The topological polar surface area (TPSA) is 58.7 Å². The molecule has 0 amide bonds. The van der Waals surface area contributed by atoms with Crippen molar-refractivity contribution >= 4 is 63.7 Å². The minimum atomic E-state index is -0.250. The van der Waals surface area contributed by atoms with Crippen molar-refractivity contribution < 1.29 is 4.48 Å². The summed E-state index contributed by atoms with van der Waals surface area (Å²) in [7, 11) is 0. The highest BCUT2D eigenvalue weighted by Gasteiger charge is 2.22. The summed E-state index contributed by atoms with van der Waals surface area (Å²) in [6.07, 6.45) is 5.33. The fourth-order valence-corrected chi connectivity index (χ4v) is 2.57. The van der Waals surface area contributed by atoms with E-state index < -0.39 is 0 Å². The first kappa shape index (κ1) is 27.1. The van der Waals surface area contributed by atoms with Gasteiger partial charge in [0, 0.05) is 0 Å². The summed E-state index contributed by atoms with van der Waals surface area (Å²) in [6, 6.07) is 0. The molecule has 0 aromatic carbocycles. The Hall–Kier alpha value is 1.19. The first-order valence-electron chi connectivity index (χ1n) is 7.25. The van der Waals surface area contributed by atoms with Crippen LogP contribution in [-0.2, 0) is 0 Å². The van der Waals surface area contributed by atoms with E-state index in [-0.39, 0.29) is 1.05 Å². The maximum absolute atomic E-state index is 6.75. The van der Waals surface area contributed by atoms with E-state index in [2.05, 4.69) is 91.4 Å². The lowest BCUT2D eigenvalue weighted by atomic mass is 10.2. The normalized spacial score (nSPS) is 10.7. The standard InChI is InChI=1S/C12H28N.CBr4.N3/c1-5-9-13(10-6-2,11-7-3)12-8-4;2-1(3,4)5;1-3-2/h5-12H2,1-4H3;;/q+1;;-1. The van der Waals surface area contributed by atoms with Gasteiger partial charge in [-0.15, -0.1) is 0 Å². The highest BCUT2D eigenvalue weighted by Crippen LogP contribution is 2.39. The zero-order valence-corrected chi connectivity index (χ0v) is 19.8. The summed E-state index contributed by atoms with van der Waals surface area (Å²) in [5, 5.41) is 0. The van der Waals surface area contributed by atoms with Gasteiger partial charge in [0.05, 0.1) is 26.2 Å². The van der Waals surface area contributed by atoms with Crippen molar-refractivity contribution in [2.75, 3.05) is 26.2 Å². The van der Waals surface area contributed by atoms with Crippen molar-refractivity contribution in [3.8, 4) is 0 Å². The summed E-state index contributed by atoms with van der Waals surface area (Å²) >= 11 is 12.5. The predicted octanol–water partition coefficient (Wildman–Crippen LogP) is 7.49. The van der Waals surface area contributed by atoms with Gasteiger partial charge in [-0.3, -0.25) is 4.91 Å². The molecule has 0 saturated carbocycles. The van der Waals surface area contributed by atoms with Gasteiger partial charge in [0.25, 0.3) is 0 Å². The Kier molecular flexibility index (Phi) is 22.6. The molecule has 0 unspecified atom stereocenters. The number of nitrogens with zero attached hydrogens (tertiary/aromatic N) is 4. The number of hydrogen-bond acceptors (Lipinski definition) is 0. The van der Waals surface area contributed by atoms with Gasteiger partial charge < -0.3 is 15.5 Å². The van der Waals surface area contributed by atoms with Crippen LogP contribution in [0.25, 0.3) is 16.0 Å². The molecule has 0 bridgehead atoms. The molecule has 0 spiro atoms. The Balaban J connectivity index is -0.000000335. The summed E-state index contributed by atoms with van der Waals surface area (Å²) in [6.45, 7) is 14.8. The molecular formula is C13H28Br4N4. The number of quaternary nitrogens is 1. The van der Waals surface area contributed by atoms with Crippen molar-refractivity contribution in [2.24, 2.45) is 0 Å². The van der Waals surface area contributed by atoms with Crippen molar-refractivity contribution in [2.45, 2.75) is 54.4 Å². The van der Waals surface area contributed by atoms with E-state index >= 15 is 0 Å². The Morgan fingerprint density at radius 1 is 0.714 bits per heavy atom. The van der Waals surface area contributed by atoms with Gasteiger partial charge in [-0.1, -0.05) is 27.7 Å². The summed E-state index contributed by atoms with van der Waals surface area (Å²) < 4.78 is 1.12. The summed E-state index contributed by atoms with van der Waals surface area (Å²) in [4.78, 5) is 1.50. The molecule has 128 valence electrons. The van der Waals surface area contributed by atoms with E-state index in [0.717, 1.165) is 0 Å². The van der Waals surface area contributed by atoms with Crippen LogP contribution in [0.15, 0.2) is 0 Å². The van der Waals surface area contributed by atoms with Gasteiger partial charge in [-0.2, -0.15) is 0 Å². The Bertz CT molecular complexity index is 216. The van der Waals surface area contributed by atoms with Gasteiger partial charge in [-0.25, -0.2) is 0 Å². The number of hydrogen-bond donors (Lipinski definition) is 0. The molecule has 0 aromatic rings. The molecule has 0 aromatic heterocycles. The summed E-state index contributed by atoms with van der Waals surface area (Å²) in [5.41, 5.74) is 13.5. The van der Waals surface area contributed by atoms with E-state index in [1.165, 1.54) is 61.3 Å². The van der Waals surface area contributed by atoms with Crippen molar-refractivity contribution in [1.82, 2.24) is 0 Å². The maximum Gasteiger partial charge on any atom is 0.189 e. The zero-order valence-electron chi connectivity index (χ0n) is 13.5. The highest BCUT2D eigenvalue weighted by atomic mass is 80.0. The van der Waals surface area contributed by atoms with E-state index in [4.69, 9.17) is 11.1 Å². The van der Waals surface area contributed by atoms with Gasteiger partial charge >= 0.3 is 0 Å². The predicted molar refractivity (Wildman–Crippen MR) is 109 cm³/mol. The second kappa shape index (κ2) is 17.5. The molecule has 0 atom stereocenters. The minimum absolute atomic E-state index is 0.250. The smallest absolute Gasteiger partial charge is 0.189 e. The molecule has 21 heavy (non-hydrogen) atoms. The van der Waals surface area contributed by atoms with Crippen LogP contribution in [0.2, 0.25) is 0 Å². The van der Waals surface area contributed by atoms with Crippen molar-refractivity contribution in [3.63, 3.8) is 0 Å². The molecule has 0 aliphatic rings. The van der Waals surface area contributed by atoms with Crippen LogP contribution in [0.3, 0.4) is 0 Å². The molecular weight excluding hydrogens is 532 g/mol. The Morgan fingerprint density at radius 2 is 0.857 bits per heavy atom. The first-order valence-corrected chi connectivity index (χ1v) is 10.4. The molecule has 0 rings (SSSR count). The van der Waals surface area contributed by atoms with Crippen molar-refractivity contribution in [3.05, 3.63) is 16.0 Å². The van der Waals surface area contributed by atoms with Gasteiger partial charge in [0.2, 0.25) is 0 Å². The molecule has 0 aliphatic heterocycles. The summed E-state index contributed by atoms with van der Waals surface area (Å²) in [5.74, 6) is 0. The zero-order chi connectivity index (χ0) is 17.4. The van der Waals surface area contributed by atoms with Gasteiger partial charge in [-0.05, 0) is 89.4 Å². The molecule has 4 nitrogen and oxygen atoms in total. The molecule has 0 fully saturated rings. The second-order valence-electron chi connectivity index (χ2n) is 4.75. The third kappa shape index (κ3) is 26.4. The van der Waals surface area contributed by atoms with Crippen LogP contribution in [0, 0.1) is 0 Å². The molecule has 8 heteroatoms. The lowest BCUT2D eigenvalue weighted by Gasteiger charge is -2.38. The van der Waals surface area contributed by atoms with Crippen LogP contribution in [0.4, 0.5) is 0 Å². The largest absolute Gasteiger partial charge is 0.373 e. The monoisotopic (exact) mass is 556 g/mol. The van der Waals surface area contributed by atoms with Crippen molar-refractivity contribution in [1.29, 1.82) is 0 Å². The third-order valence-corrected chi connectivity index (χ3v) is 2.79. The first-order chi connectivity index (χ1) is 9.66. The fraction of sp³-hybridized carbons (Fsp3) is 1.00. The van der Waals surface area contributed by atoms with Crippen LogP contribution in [0.1, 0.15) is 53.4 Å². The third-order valence-electron chi connectivity index (χ3n) is 2.79. The SMILES string of the molecule is BrC(Br)(Br)Br.CCC[N+](CCC)(CCC)CCC.[N-]=[N+]=[N-]. The maximum atomic E-state index is 6.75. The van der Waals surface area contributed by atoms with Crippen LogP contribution in [-0.4, -0.2) is 31.7 Å². The molecule has 0 aliphatic carbocycles. The second-order valence-corrected chi connectivity index (χ2v) is 15.9. The average Bonchev–Trinajstić information content (AvgIpc) is 2.29. The average molecular weight is 560 g/mol. The number of halogens is 4. The van der Waals surface area contributed by atoms with Crippen LogP contribution < -0.4 is 0 Å². The lowest BCUT2D eigenvalue weighted by molar-refractivity contribution is -0.928. The Morgan fingerprint density at radius 3 is 0.952 bits per heavy atom. The van der Waals surface area contributed by atoms with E-state index in [9.17, 15) is 0 Å². The van der Waals surface area contributed by atoms with Gasteiger partial charge in [0.15, 0.2) is 1.05 Å². The van der Waals surface area contributed by atoms with E-state index in [1.807, 2.05) is 0 Å².